The molecule has 3 aromatic carbocycles. The number of aromatic nitrogens is 1. The van der Waals surface area contributed by atoms with Crippen LogP contribution in [-0.2, 0) is 9.59 Å². The van der Waals surface area contributed by atoms with E-state index in [1.54, 1.807) is 72.8 Å². The number of pyridine rings is 1. The summed E-state index contributed by atoms with van der Waals surface area (Å²) in [5.74, 6) is -2.33. The average Bonchev–Trinajstić information content (AvgIpc) is 3.01. The number of aliphatic hydroxyl groups excluding tert-OH is 1. The average molecular weight is 612 g/mol. The van der Waals surface area contributed by atoms with Crippen LogP contribution in [0.4, 0.5) is 0 Å². The maximum absolute atomic E-state index is 13.5. The highest BCUT2D eigenvalue weighted by Gasteiger charge is 2.30. The van der Waals surface area contributed by atoms with Crippen LogP contribution >= 0.6 is 0 Å². The van der Waals surface area contributed by atoms with Crippen LogP contribution in [0.25, 0.3) is 10.9 Å². The lowest BCUT2D eigenvalue weighted by molar-refractivity contribution is -0.128. The highest BCUT2D eigenvalue weighted by molar-refractivity contribution is 5.99. The first-order valence-electron chi connectivity index (χ1n) is 14.4. The number of benzene rings is 3. The van der Waals surface area contributed by atoms with E-state index >= 15 is 0 Å². The van der Waals surface area contributed by atoms with Gasteiger partial charge in [-0.05, 0) is 50.6 Å². The van der Waals surface area contributed by atoms with Gasteiger partial charge < -0.3 is 31.5 Å². The van der Waals surface area contributed by atoms with Crippen LogP contribution in [0.15, 0.2) is 91.0 Å². The molecule has 0 saturated carbocycles. The summed E-state index contributed by atoms with van der Waals surface area (Å²) in [4.78, 5) is 55.7. The van der Waals surface area contributed by atoms with Gasteiger partial charge in [0, 0.05) is 10.9 Å². The molecule has 0 saturated heterocycles. The summed E-state index contributed by atoms with van der Waals surface area (Å²) >= 11 is 0. The van der Waals surface area contributed by atoms with Crippen molar-refractivity contribution in [3.8, 4) is 5.75 Å². The number of para-hydroxylation sites is 2. The van der Waals surface area contributed by atoms with Gasteiger partial charge in [0.15, 0.2) is 0 Å². The minimum atomic E-state index is -1.36. The standard InChI is InChI=1S/C34H37N5O6/c1-34(2,3)39-31(42)23-14-8-10-16-28(23)45-20-27(40)30(22-12-5-4-6-13-22)38-33(44)26(19-29(35)41)37-32(43)25-18-17-21-11-7-9-15-24(21)36-25/h4-18,26-27,30,40H,19-20H2,1-3H3,(H2,35,41)(H,37,43)(H,38,44)(H,39,42)/t26-,27+,30-/m0/s1. The van der Waals surface area contributed by atoms with E-state index < -0.39 is 47.9 Å². The number of ether oxygens (including phenoxy) is 1. The van der Waals surface area contributed by atoms with Crippen LogP contribution < -0.4 is 26.4 Å². The highest BCUT2D eigenvalue weighted by Crippen LogP contribution is 2.23. The fraction of sp³-hybridized carbons (Fsp3) is 0.265. The molecule has 0 spiro atoms. The van der Waals surface area contributed by atoms with Gasteiger partial charge in [-0.15, -0.1) is 0 Å². The number of nitrogens with two attached hydrogens (primary N) is 1. The Labute approximate surface area is 261 Å². The number of fused-ring (bicyclic) bond motifs is 1. The molecule has 4 rings (SSSR count). The zero-order valence-electron chi connectivity index (χ0n) is 25.3. The molecule has 234 valence electrons. The monoisotopic (exact) mass is 611 g/mol. The van der Waals surface area contributed by atoms with Crippen LogP contribution in [0, 0.1) is 0 Å². The lowest BCUT2D eigenvalue weighted by Gasteiger charge is -2.27. The summed E-state index contributed by atoms with van der Waals surface area (Å²) < 4.78 is 5.89. The number of hydrogen-bond acceptors (Lipinski definition) is 7. The molecule has 0 aliphatic rings. The van der Waals surface area contributed by atoms with Crippen LogP contribution in [0.5, 0.6) is 5.75 Å². The fourth-order valence-electron chi connectivity index (χ4n) is 4.61. The van der Waals surface area contributed by atoms with E-state index in [0.29, 0.717) is 11.1 Å². The second-order valence-corrected chi connectivity index (χ2v) is 11.6. The maximum atomic E-state index is 13.5. The summed E-state index contributed by atoms with van der Waals surface area (Å²) in [6, 6.07) is 23.4. The van der Waals surface area contributed by atoms with Crippen molar-refractivity contribution in [1.29, 1.82) is 0 Å². The van der Waals surface area contributed by atoms with Gasteiger partial charge in [0.05, 0.1) is 23.5 Å². The third-order valence-electron chi connectivity index (χ3n) is 6.73. The Morgan fingerprint density at radius 1 is 0.844 bits per heavy atom. The first-order chi connectivity index (χ1) is 21.4. The molecule has 1 aromatic heterocycles. The van der Waals surface area contributed by atoms with Gasteiger partial charge in [-0.2, -0.15) is 0 Å². The van der Waals surface area contributed by atoms with Gasteiger partial charge in [-0.25, -0.2) is 4.98 Å². The zero-order valence-corrected chi connectivity index (χ0v) is 25.3. The fourth-order valence-corrected chi connectivity index (χ4v) is 4.61. The Balaban J connectivity index is 1.52. The van der Waals surface area contributed by atoms with Gasteiger partial charge in [0.1, 0.15) is 30.2 Å². The van der Waals surface area contributed by atoms with Gasteiger partial charge in [0.25, 0.3) is 11.8 Å². The second kappa shape index (κ2) is 14.5. The van der Waals surface area contributed by atoms with E-state index in [1.807, 2.05) is 32.9 Å². The largest absolute Gasteiger partial charge is 0.490 e. The number of nitrogens with zero attached hydrogens (tertiary/aromatic N) is 1. The van der Waals surface area contributed by atoms with Crippen LogP contribution in [0.3, 0.4) is 0 Å². The number of nitrogens with one attached hydrogen (secondary N) is 3. The number of primary amides is 1. The van der Waals surface area contributed by atoms with Crippen molar-refractivity contribution in [1.82, 2.24) is 20.9 Å². The van der Waals surface area contributed by atoms with E-state index in [4.69, 9.17) is 10.5 Å². The molecule has 4 aromatic rings. The van der Waals surface area contributed by atoms with Gasteiger partial charge in [-0.1, -0.05) is 66.7 Å². The Morgan fingerprint density at radius 2 is 1.51 bits per heavy atom. The third kappa shape index (κ3) is 9.10. The van der Waals surface area contributed by atoms with Gasteiger partial charge in [-0.3, -0.25) is 19.2 Å². The number of amides is 4. The van der Waals surface area contributed by atoms with Crippen LogP contribution in [0.1, 0.15) is 59.6 Å². The van der Waals surface area contributed by atoms with Gasteiger partial charge in [0.2, 0.25) is 11.8 Å². The molecule has 11 nitrogen and oxygen atoms in total. The molecule has 1 heterocycles. The number of carbonyl (C=O) groups is 4. The van der Waals surface area contributed by atoms with E-state index in [1.165, 1.54) is 6.07 Å². The topological polar surface area (TPSA) is 173 Å². The Hall–Kier alpha value is -5.29. The Morgan fingerprint density at radius 3 is 2.22 bits per heavy atom. The minimum Gasteiger partial charge on any atom is -0.490 e. The van der Waals surface area contributed by atoms with Crippen molar-refractivity contribution < 1.29 is 29.0 Å². The van der Waals surface area contributed by atoms with Crippen molar-refractivity contribution in [2.75, 3.05) is 6.61 Å². The molecule has 0 fully saturated rings. The molecule has 0 radical (unpaired) electrons. The van der Waals surface area contributed by atoms with Crippen molar-refractivity contribution in [2.24, 2.45) is 5.73 Å². The predicted molar refractivity (Wildman–Crippen MR) is 169 cm³/mol. The van der Waals surface area contributed by atoms with E-state index in [9.17, 15) is 24.3 Å². The molecule has 3 atom stereocenters. The van der Waals surface area contributed by atoms with Crippen molar-refractivity contribution >= 4 is 34.5 Å². The SMILES string of the molecule is CC(C)(C)NC(=O)c1ccccc1OC[C@@H](O)[C@@H](NC(=O)[C@H](CC(N)=O)NC(=O)c1ccc2ccccc2n1)c1ccccc1. The lowest BCUT2D eigenvalue weighted by atomic mass is 10.0. The molecule has 0 aliphatic heterocycles. The molecule has 6 N–H and O–H groups in total. The quantitative estimate of drug-likeness (QED) is 0.164. The zero-order chi connectivity index (χ0) is 32.6. The molecular weight excluding hydrogens is 574 g/mol. The van der Waals surface area contributed by atoms with Crippen molar-refractivity contribution in [3.05, 3.63) is 108 Å². The maximum Gasteiger partial charge on any atom is 0.270 e. The lowest BCUT2D eigenvalue weighted by Crippen LogP contribution is -2.51. The van der Waals surface area contributed by atoms with Gasteiger partial charge >= 0.3 is 0 Å². The molecule has 0 aliphatic carbocycles. The van der Waals surface area contributed by atoms with Crippen molar-refractivity contribution in [2.45, 2.75) is 50.9 Å². The van der Waals surface area contributed by atoms with Crippen molar-refractivity contribution in [3.63, 3.8) is 0 Å². The summed E-state index contributed by atoms with van der Waals surface area (Å²) in [5.41, 5.74) is 6.41. The van der Waals surface area contributed by atoms with E-state index in [0.717, 1.165) is 5.39 Å². The number of hydrogen-bond donors (Lipinski definition) is 5. The highest BCUT2D eigenvalue weighted by atomic mass is 16.5. The summed E-state index contributed by atoms with van der Waals surface area (Å²) in [6.07, 6.45) is -1.79. The second-order valence-electron chi connectivity index (χ2n) is 11.6. The summed E-state index contributed by atoms with van der Waals surface area (Å²) in [6.45, 7) is 5.28. The number of aliphatic hydroxyl groups is 1. The number of carbonyl (C=O) groups excluding carboxylic acids is 4. The predicted octanol–water partition coefficient (Wildman–Crippen LogP) is 3.03. The molecule has 45 heavy (non-hydrogen) atoms. The molecule has 11 heteroatoms. The first-order valence-corrected chi connectivity index (χ1v) is 14.4. The molecule has 4 amide bonds. The molecule has 0 unspecified atom stereocenters. The van der Waals surface area contributed by atoms with E-state index in [-0.39, 0.29) is 29.5 Å². The Bertz CT molecular complexity index is 1670. The smallest absolute Gasteiger partial charge is 0.270 e. The third-order valence-corrected chi connectivity index (χ3v) is 6.73. The summed E-state index contributed by atoms with van der Waals surface area (Å²) in [5, 5.41) is 20.3. The normalized spacial score (nSPS) is 13.2. The molecule has 0 bridgehead atoms. The summed E-state index contributed by atoms with van der Waals surface area (Å²) in [7, 11) is 0. The minimum absolute atomic E-state index is 0.0539. The Kier molecular flexibility index (Phi) is 10.5. The molecular formula is C34H37N5O6. The van der Waals surface area contributed by atoms with Crippen LogP contribution in [0.2, 0.25) is 0 Å². The first kappa shape index (κ1) is 32.6. The van der Waals surface area contributed by atoms with Crippen LogP contribution in [-0.4, -0.2) is 58.0 Å². The number of rotatable bonds is 12. The van der Waals surface area contributed by atoms with E-state index in [2.05, 4.69) is 20.9 Å².